The zero-order chi connectivity index (χ0) is 10.1. The number of nitrogens with two attached hydrogens (primary N) is 1. The van der Waals surface area contributed by atoms with Crippen LogP contribution in [0.1, 0.15) is 13.3 Å². The van der Waals surface area contributed by atoms with Gasteiger partial charge >= 0.3 is 5.97 Å². The molecule has 0 aliphatic heterocycles. The number of carbonyl (C=O) groups excluding carboxylic acids is 1. The molecule has 0 radical (unpaired) electrons. The summed E-state index contributed by atoms with van der Waals surface area (Å²) in [4.78, 5) is 11.0. The molecule has 0 amide bonds. The number of carbonyl (C=O) groups is 1. The minimum atomic E-state index is -0.522. The molecule has 0 saturated heterocycles. The van der Waals surface area contributed by atoms with Crippen LogP contribution < -0.4 is 5.73 Å². The Morgan fingerprint density at radius 1 is 1.62 bits per heavy atom. The summed E-state index contributed by atoms with van der Waals surface area (Å²) in [5.74, 6) is 1.13. The van der Waals surface area contributed by atoms with E-state index < -0.39 is 6.04 Å². The van der Waals surface area contributed by atoms with E-state index in [1.54, 1.807) is 18.7 Å². The van der Waals surface area contributed by atoms with Crippen LogP contribution in [0.3, 0.4) is 0 Å². The lowest BCUT2D eigenvalue weighted by molar-refractivity contribution is -0.144. The molecule has 0 aromatic rings. The van der Waals surface area contributed by atoms with Gasteiger partial charge in [-0.3, -0.25) is 4.79 Å². The first kappa shape index (κ1) is 12.7. The highest BCUT2D eigenvalue weighted by Crippen LogP contribution is 2.03. The zero-order valence-electron chi connectivity index (χ0n) is 7.86. The molecule has 1 atom stereocenters. The van der Waals surface area contributed by atoms with Crippen molar-refractivity contribution in [3.8, 4) is 0 Å². The summed E-state index contributed by atoms with van der Waals surface area (Å²) >= 11 is 1.58. The lowest BCUT2D eigenvalue weighted by Crippen LogP contribution is -2.32. The van der Waals surface area contributed by atoms with E-state index in [1.807, 2.05) is 0 Å². The van der Waals surface area contributed by atoms with Crippen molar-refractivity contribution in [2.24, 2.45) is 5.73 Å². The quantitative estimate of drug-likeness (QED) is 0.454. The number of aliphatic hydroxyl groups is 1. The maximum Gasteiger partial charge on any atom is 0.322 e. The van der Waals surface area contributed by atoms with Gasteiger partial charge < -0.3 is 15.6 Å². The van der Waals surface area contributed by atoms with Gasteiger partial charge in [0.25, 0.3) is 0 Å². The normalized spacial score (nSPS) is 12.5. The molecule has 13 heavy (non-hydrogen) atoms. The molecule has 0 aliphatic carbocycles. The third-order valence-corrected chi connectivity index (χ3v) is 2.39. The molecule has 3 N–H and O–H groups in total. The van der Waals surface area contributed by atoms with Gasteiger partial charge in [-0.2, -0.15) is 11.8 Å². The highest BCUT2D eigenvalue weighted by atomic mass is 32.2. The van der Waals surface area contributed by atoms with Gasteiger partial charge in [0.15, 0.2) is 0 Å². The predicted octanol–water partition coefficient (Wildman–Crippen LogP) is -0.00760. The Balaban J connectivity index is 3.38. The Labute approximate surface area is 82.8 Å². The Hall–Kier alpha value is -0.260. The molecule has 5 heteroatoms. The van der Waals surface area contributed by atoms with Crippen LogP contribution in [-0.2, 0) is 9.53 Å². The Morgan fingerprint density at radius 3 is 2.85 bits per heavy atom. The van der Waals surface area contributed by atoms with Gasteiger partial charge in [-0.25, -0.2) is 0 Å². The molecule has 0 aromatic heterocycles. The molecule has 0 bridgehead atoms. The summed E-state index contributed by atoms with van der Waals surface area (Å²) in [5, 5.41) is 8.48. The molecule has 0 rings (SSSR count). The lowest BCUT2D eigenvalue weighted by atomic mass is 10.2. The van der Waals surface area contributed by atoms with Gasteiger partial charge in [0, 0.05) is 5.75 Å². The smallest absolute Gasteiger partial charge is 0.322 e. The summed E-state index contributed by atoms with van der Waals surface area (Å²) in [7, 11) is 0. The van der Waals surface area contributed by atoms with Crippen molar-refractivity contribution in [2.45, 2.75) is 19.4 Å². The fourth-order valence-corrected chi connectivity index (χ4v) is 1.50. The van der Waals surface area contributed by atoms with Crippen LogP contribution in [0.4, 0.5) is 0 Å². The third-order valence-electron chi connectivity index (χ3n) is 1.40. The second kappa shape index (κ2) is 8.34. The van der Waals surface area contributed by atoms with E-state index in [0.717, 1.165) is 5.75 Å². The molecule has 78 valence electrons. The molecule has 1 unspecified atom stereocenters. The van der Waals surface area contributed by atoms with Crippen LogP contribution in [0, 0.1) is 0 Å². The minimum absolute atomic E-state index is 0.166. The van der Waals surface area contributed by atoms with Crippen LogP contribution in [0.15, 0.2) is 0 Å². The highest BCUT2D eigenvalue weighted by Gasteiger charge is 2.13. The van der Waals surface area contributed by atoms with Crippen LogP contribution in [0.5, 0.6) is 0 Å². The number of hydrogen-bond acceptors (Lipinski definition) is 5. The number of hydrogen-bond donors (Lipinski definition) is 2. The van der Waals surface area contributed by atoms with E-state index in [0.29, 0.717) is 18.8 Å². The summed E-state index contributed by atoms with van der Waals surface area (Å²) in [6.07, 6.45) is 0.601. The monoisotopic (exact) mass is 207 g/mol. The van der Waals surface area contributed by atoms with Crippen molar-refractivity contribution in [3.05, 3.63) is 0 Å². The average Bonchev–Trinajstić information content (AvgIpc) is 2.12. The molecule has 4 nitrogen and oxygen atoms in total. The first-order chi connectivity index (χ1) is 6.22. The van der Waals surface area contributed by atoms with E-state index in [4.69, 9.17) is 15.6 Å². The van der Waals surface area contributed by atoms with Gasteiger partial charge in [0.1, 0.15) is 6.04 Å². The lowest BCUT2D eigenvalue weighted by Gasteiger charge is -2.09. The molecule has 0 saturated carbocycles. The standard InChI is InChI=1S/C8H17NO3S/c1-2-12-8(11)7(9)3-5-13-6-4-10/h7,10H,2-6,9H2,1H3. The summed E-state index contributed by atoms with van der Waals surface area (Å²) in [6, 6.07) is -0.522. The van der Waals surface area contributed by atoms with Gasteiger partial charge in [0.2, 0.25) is 0 Å². The summed E-state index contributed by atoms with van der Waals surface area (Å²) < 4.78 is 4.74. The van der Waals surface area contributed by atoms with E-state index in [-0.39, 0.29) is 12.6 Å². The third kappa shape index (κ3) is 6.86. The van der Waals surface area contributed by atoms with Crippen LogP contribution in [-0.4, -0.2) is 41.8 Å². The molecular weight excluding hydrogens is 190 g/mol. The Morgan fingerprint density at radius 2 is 2.31 bits per heavy atom. The van der Waals surface area contributed by atoms with E-state index in [9.17, 15) is 4.79 Å². The fourth-order valence-electron chi connectivity index (χ4n) is 0.744. The fraction of sp³-hybridized carbons (Fsp3) is 0.875. The predicted molar refractivity (Wildman–Crippen MR) is 53.6 cm³/mol. The van der Waals surface area contributed by atoms with E-state index >= 15 is 0 Å². The van der Waals surface area contributed by atoms with Gasteiger partial charge in [-0.1, -0.05) is 0 Å². The first-order valence-electron chi connectivity index (χ1n) is 4.33. The minimum Gasteiger partial charge on any atom is -0.465 e. The van der Waals surface area contributed by atoms with Gasteiger partial charge in [-0.15, -0.1) is 0 Å². The molecule has 0 heterocycles. The van der Waals surface area contributed by atoms with Gasteiger partial charge in [-0.05, 0) is 19.1 Å². The van der Waals surface area contributed by atoms with Crippen molar-refractivity contribution >= 4 is 17.7 Å². The van der Waals surface area contributed by atoms with Crippen molar-refractivity contribution in [1.82, 2.24) is 0 Å². The van der Waals surface area contributed by atoms with Crippen molar-refractivity contribution in [1.29, 1.82) is 0 Å². The second-order valence-electron chi connectivity index (χ2n) is 2.48. The first-order valence-corrected chi connectivity index (χ1v) is 5.48. The Bertz CT molecular complexity index is 143. The topological polar surface area (TPSA) is 72.5 Å². The summed E-state index contributed by atoms with van der Waals surface area (Å²) in [5.41, 5.74) is 5.54. The van der Waals surface area contributed by atoms with Crippen LogP contribution >= 0.6 is 11.8 Å². The van der Waals surface area contributed by atoms with Crippen molar-refractivity contribution in [3.63, 3.8) is 0 Å². The summed E-state index contributed by atoms with van der Waals surface area (Å²) in [6.45, 7) is 2.29. The van der Waals surface area contributed by atoms with E-state index in [1.165, 1.54) is 0 Å². The highest BCUT2D eigenvalue weighted by molar-refractivity contribution is 7.99. The number of rotatable bonds is 7. The molecule has 0 spiro atoms. The number of aliphatic hydroxyl groups excluding tert-OH is 1. The number of thioether (sulfide) groups is 1. The Kier molecular flexibility index (Phi) is 8.18. The van der Waals surface area contributed by atoms with E-state index in [2.05, 4.69) is 0 Å². The molecular formula is C8H17NO3S. The second-order valence-corrected chi connectivity index (χ2v) is 3.71. The van der Waals surface area contributed by atoms with Crippen LogP contribution in [0.25, 0.3) is 0 Å². The molecule has 0 aromatic carbocycles. The van der Waals surface area contributed by atoms with Gasteiger partial charge in [0.05, 0.1) is 13.2 Å². The largest absolute Gasteiger partial charge is 0.465 e. The SMILES string of the molecule is CCOC(=O)C(N)CCSCCO. The molecule has 0 aliphatic rings. The average molecular weight is 207 g/mol. The van der Waals surface area contributed by atoms with Crippen molar-refractivity contribution < 1.29 is 14.6 Å². The maximum atomic E-state index is 11.0. The maximum absolute atomic E-state index is 11.0. The molecule has 0 fully saturated rings. The van der Waals surface area contributed by atoms with Crippen LogP contribution in [0.2, 0.25) is 0 Å². The number of esters is 1. The number of ether oxygens (including phenoxy) is 1. The zero-order valence-corrected chi connectivity index (χ0v) is 8.68. The van der Waals surface area contributed by atoms with Crippen molar-refractivity contribution in [2.75, 3.05) is 24.7 Å².